The number of hydrogen-bond acceptors (Lipinski definition) is 3. The molecular formula is C16H26N4O2. The molecule has 2 heterocycles. The predicted octanol–water partition coefficient (Wildman–Crippen LogP) is 2.06. The molecule has 2 aromatic rings. The first-order chi connectivity index (χ1) is 10.6. The van der Waals surface area contributed by atoms with Crippen LogP contribution in [0.15, 0.2) is 9.59 Å². The van der Waals surface area contributed by atoms with Crippen LogP contribution in [0, 0.1) is 0 Å². The predicted molar refractivity (Wildman–Crippen MR) is 88.4 cm³/mol. The number of rotatable bonds is 7. The Morgan fingerprint density at radius 1 is 0.955 bits per heavy atom. The second-order valence-electron chi connectivity index (χ2n) is 5.75. The Balaban J connectivity index is 2.78. The van der Waals surface area contributed by atoms with Gasteiger partial charge in [-0.15, -0.1) is 0 Å². The Morgan fingerprint density at radius 3 is 2.18 bits per heavy atom. The monoisotopic (exact) mass is 306 g/mol. The van der Waals surface area contributed by atoms with E-state index in [9.17, 15) is 9.59 Å². The van der Waals surface area contributed by atoms with Crippen molar-refractivity contribution >= 4 is 11.2 Å². The van der Waals surface area contributed by atoms with Crippen molar-refractivity contribution in [3.05, 3.63) is 26.7 Å². The van der Waals surface area contributed by atoms with Gasteiger partial charge in [0.2, 0.25) is 0 Å². The van der Waals surface area contributed by atoms with Crippen LogP contribution in [-0.4, -0.2) is 18.7 Å². The van der Waals surface area contributed by atoms with Crippen LogP contribution in [0.1, 0.15) is 52.3 Å². The summed E-state index contributed by atoms with van der Waals surface area (Å²) in [6, 6.07) is 0. The van der Waals surface area contributed by atoms with Crippen molar-refractivity contribution in [2.45, 2.75) is 66.0 Å². The zero-order chi connectivity index (χ0) is 16.3. The van der Waals surface area contributed by atoms with Crippen molar-refractivity contribution in [1.29, 1.82) is 0 Å². The molecule has 0 unspecified atom stereocenters. The highest BCUT2D eigenvalue weighted by Gasteiger charge is 2.18. The van der Waals surface area contributed by atoms with Gasteiger partial charge in [0.25, 0.3) is 5.56 Å². The lowest BCUT2D eigenvalue weighted by molar-refractivity contribution is 0.554. The van der Waals surface area contributed by atoms with E-state index in [2.05, 4.69) is 11.9 Å². The third-order valence-electron chi connectivity index (χ3n) is 3.98. The molecule has 0 radical (unpaired) electrons. The zero-order valence-corrected chi connectivity index (χ0v) is 14.1. The first kappa shape index (κ1) is 16.5. The van der Waals surface area contributed by atoms with Crippen molar-refractivity contribution in [3.8, 4) is 0 Å². The van der Waals surface area contributed by atoms with Crippen LogP contribution in [0.5, 0.6) is 0 Å². The minimum absolute atomic E-state index is 0.216. The van der Waals surface area contributed by atoms with E-state index < -0.39 is 0 Å². The fraction of sp³-hybridized carbons (Fsp3) is 0.688. The van der Waals surface area contributed by atoms with E-state index >= 15 is 0 Å². The Morgan fingerprint density at radius 2 is 1.59 bits per heavy atom. The third-order valence-corrected chi connectivity index (χ3v) is 3.98. The number of hydrogen-bond donors (Lipinski definition) is 0. The molecule has 0 fully saturated rings. The van der Waals surface area contributed by atoms with E-state index in [0.717, 1.165) is 37.9 Å². The van der Waals surface area contributed by atoms with Gasteiger partial charge in [-0.2, -0.15) is 0 Å². The fourth-order valence-electron chi connectivity index (χ4n) is 2.81. The standard InChI is InChI=1S/C16H26N4O2/c1-5-8-9-12-17-14-13(18(12)4)15(21)20(11-7-3)16(22)19(14)10-6-2/h5-11H2,1-4H3. The number of nitrogens with zero attached hydrogens (tertiary/aromatic N) is 4. The van der Waals surface area contributed by atoms with Gasteiger partial charge in [0.1, 0.15) is 5.82 Å². The summed E-state index contributed by atoms with van der Waals surface area (Å²) < 4.78 is 4.87. The van der Waals surface area contributed by atoms with E-state index in [1.807, 2.05) is 25.5 Å². The summed E-state index contributed by atoms with van der Waals surface area (Å²) >= 11 is 0. The summed E-state index contributed by atoms with van der Waals surface area (Å²) in [5.74, 6) is 0.882. The van der Waals surface area contributed by atoms with Gasteiger partial charge in [-0.3, -0.25) is 13.9 Å². The quantitative estimate of drug-likeness (QED) is 0.786. The van der Waals surface area contributed by atoms with Crippen molar-refractivity contribution in [3.63, 3.8) is 0 Å². The molecule has 122 valence electrons. The van der Waals surface area contributed by atoms with Crippen molar-refractivity contribution in [2.75, 3.05) is 0 Å². The topological polar surface area (TPSA) is 61.8 Å². The molecule has 0 saturated carbocycles. The smallest absolute Gasteiger partial charge is 0.325 e. The van der Waals surface area contributed by atoms with E-state index in [4.69, 9.17) is 0 Å². The summed E-state index contributed by atoms with van der Waals surface area (Å²) in [6.07, 6.45) is 4.52. The summed E-state index contributed by atoms with van der Waals surface area (Å²) in [4.78, 5) is 29.9. The second-order valence-corrected chi connectivity index (χ2v) is 5.75. The molecule has 22 heavy (non-hydrogen) atoms. The molecule has 0 aliphatic carbocycles. The molecule has 0 aliphatic rings. The van der Waals surface area contributed by atoms with Crippen LogP contribution >= 0.6 is 0 Å². The average Bonchev–Trinajstić information content (AvgIpc) is 2.83. The molecule has 0 spiro atoms. The first-order valence-electron chi connectivity index (χ1n) is 8.25. The molecule has 2 rings (SSSR count). The van der Waals surface area contributed by atoms with Gasteiger partial charge >= 0.3 is 5.69 Å². The van der Waals surface area contributed by atoms with Crippen LogP contribution in [0.25, 0.3) is 11.2 Å². The van der Waals surface area contributed by atoms with Gasteiger partial charge < -0.3 is 4.57 Å². The van der Waals surface area contributed by atoms with Crippen LogP contribution < -0.4 is 11.2 Å². The normalized spacial score (nSPS) is 11.5. The first-order valence-corrected chi connectivity index (χ1v) is 8.25. The van der Waals surface area contributed by atoms with Crippen LogP contribution in [0.3, 0.4) is 0 Å². The number of imidazole rings is 1. The third kappa shape index (κ3) is 2.74. The maximum atomic E-state index is 12.7. The molecule has 0 aliphatic heterocycles. The lowest BCUT2D eigenvalue weighted by Gasteiger charge is -2.10. The molecular weight excluding hydrogens is 280 g/mol. The number of aromatic nitrogens is 4. The summed E-state index contributed by atoms with van der Waals surface area (Å²) in [7, 11) is 1.87. The molecule has 6 nitrogen and oxygen atoms in total. The molecule has 6 heteroatoms. The second kappa shape index (κ2) is 6.94. The van der Waals surface area contributed by atoms with E-state index in [0.29, 0.717) is 24.3 Å². The average molecular weight is 306 g/mol. The SMILES string of the molecule is CCCCc1nc2c(c(=O)n(CCC)c(=O)n2CCC)n1C. The minimum Gasteiger partial charge on any atom is -0.325 e. The Bertz CT molecular complexity index is 767. The van der Waals surface area contributed by atoms with Gasteiger partial charge in [-0.05, 0) is 19.3 Å². The van der Waals surface area contributed by atoms with E-state index in [-0.39, 0.29) is 11.2 Å². The van der Waals surface area contributed by atoms with Gasteiger partial charge in [0, 0.05) is 26.6 Å². The molecule has 0 bridgehead atoms. The number of unbranched alkanes of at least 4 members (excludes halogenated alkanes) is 1. The van der Waals surface area contributed by atoms with Crippen molar-refractivity contribution < 1.29 is 0 Å². The van der Waals surface area contributed by atoms with Gasteiger partial charge in [0.15, 0.2) is 11.2 Å². The van der Waals surface area contributed by atoms with Crippen molar-refractivity contribution in [1.82, 2.24) is 18.7 Å². The fourth-order valence-corrected chi connectivity index (χ4v) is 2.81. The number of aryl methyl sites for hydroxylation is 3. The van der Waals surface area contributed by atoms with Crippen LogP contribution in [0.2, 0.25) is 0 Å². The molecule has 0 saturated heterocycles. The molecule has 2 aromatic heterocycles. The van der Waals surface area contributed by atoms with Gasteiger partial charge in [-0.1, -0.05) is 27.2 Å². The molecule has 0 amide bonds. The van der Waals surface area contributed by atoms with Crippen LogP contribution in [-0.2, 0) is 26.6 Å². The van der Waals surface area contributed by atoms with E-state index in [1.165, 1.54) is 4.57 Å². The maximum absolute atomic E-state index is 12.7. The lowest BCUT2D eigenvalue weighted by Crippen LogP contribution is -2.40. The van der Waals surface area contributed by atoms with Crippen LogP contribution in [0.4, 0.5) is 0 Å². The largest absolute Gasteiger partial charge is 0.332 e. The van der Waals surface area contributed by atoms with E-state index in [1.54, 1.807) is 4.57 Å². The molecule has 0 atom stereocenters. The van der Waals surface area contributed by atoms with Crippen molar-refractivity contribution in [2.24, 2.45) is 7.05 Å². The Kier molecular flexibility index (Phi) is 5.21. The molecule has 0 aromatic carbocycles. The minimum atomic E-state index is -0.235. The highest BCUT2D eigenvalue weighted by atomic mass is 16.2. The summed E-state index contributed by atoms with van der Waals surface area (Å²) in [5.41, 5.74) is 0.638. The van der Waals surface area contributed by atoms with Gasteiger partial charge in [0.05, 0.1) is 0 Å². The Labute approximate surface area is 130 Å². The highest BCUT2D eigenvalue weighted by Crippen LogP contribution is 2.12. The lowest BCUT2D eigenvalue weighted by atomic mass is 10.2. The molecule has 0 N–H and O–H groups in total. The summed E-state index contributed by atoms with van der Waals surface area (Å²) in [5, 5.41) is 0. The zero-order valence-electron chi connectivity index (χ0n) is 14.1. The number of fused-ring (bicyclic) bond motifs is 1. The highest BCUT2D eigenvalue weighted by molar-refractivity contribution is 5.71. The Hall–Kier alpha value is -1.85. The summed E-state index contributed by atoms with van der Waals surface area (Å²) in [6.45, 7) is 7.16. The maximum Gasteiger partial charge on any atom is 0.332 e. The van der Waals surface area contributed by atoms with Gasteiger partial charge in [-0.25, -0.2) is 9.78 Å².